The summed E-state index contributed by atoms with van der Waals surface area (Å²) in [7, 11) is 0. The standard InChI is InChI=1S/C6H5N3O2/c10-5-3-9-4(1-8-5)7-2-6(9)11/h1-3,10-11H/p-1. The molecule has 0 spiro atoms. The first-order valence-electron chi connectivity index (χ1n) is 2.96. The number of aromatic nitrogens is 3. The zero-order valence-electron chi connectivity index (χ0n) is 5.43. The number of hydrogen-bond donors (Lipinski definition) is 1. The largest absolute Gasteiger partial charge is 0.859 e. The number of rotatable bonds is 0. The summed E-state index contributed by atoms with van der Waals surface area (Å²) in [5.41, 5.74) is 0.438. The molecule has 0 radical (unpaired) electrons. The molecule has 0 aliphatic rings. The molecular weight excluding hydrogens is 146 g/mol. The van der Waals surface area contributed by atoms with Crippen molar-refractivity contribution >= 4 is 5.65 Å². The smallest absolute Gasteiger partial charge is 0.228 e. The van der Waals surface area contributed by atoms with Crippen molar-refractivity contribution in [1.29, 1.82) is 0 Å². The molecule has 0 aliphatic carbocycles. The lowest BCUT2D eigenvalue weighted by atomic mass is 10.6. The Morgan fingerprint density at radius 2 is 2.18 bits per heavy atom. The van der Waals surface area contributed by atoms with Gasteiger partial charge in [-0.15, -0.1) is 0 Å². The summed E-state index contributed by atoms with van der Waals surface area (Å²) in [4.78, 5) is 7.29. The molecule has 2 heterocycles. The topological polar surface area (TPSA) is 73.5 Å². The van der Waals surface area contributed by atoms with Crippen LogP contribution in [0.3, 0.4) is 0 Å². The maximum absolute atomic E-state index is 10.9. The number of hydrogen-bond acceptors (Lipinski definition) is 4. The van der Waals surface area contributed by atoms with E-state index in [-0.39, 0.29) is 11.8 Å². The molecule has 0 aromatic carbocycles. The first kappa shape index (κ1) is 5.96. The molecule has 2 aromatic rings. The molecule has 0 aliphatic heterocycles. The summed E-state index contributed by atoms with van der Waals surface area (Å²) in [5.74, 6) is -0.453. The van der Waals surface area contributed by atoms with Crippen LogP contribution in [0.4, 0.5) is 0 Å². The van der Waals surface area contributed by atoms with E-state index in [1.807, 2.05) is 0 Å². The fourth-order valence-electron chi connectivity index (χ4n) is 0.857. The summed E-state index contributed by atoms with van der Waals surface area (Å²) >= 11 is 0. The molecule has 0 amide bonds. The van der Waals surface area contributed by atoms with Crippen LogP contribution in [0.15, 0.2) is 18.6 Å². The van der Waals surface area contributed by atoms with Crippen LogP contribution in [0.25, 0.3) is 5.65 Å². The van der Waals surface area contributed by atoms with Gasteiger partial charge in [0.15, 0.2) is 5.65 Å². The van der Waals surface area contributed by atoms with Gasteiger partial charge >= 0.3 is 0 Å². The molecule has 2 aromatic heterocycles. The lowest BCUT2D eigenvalue weighted by Crippen LogP contribution is -1.95. The van der Waals surface area contributed by atoms with E-state index in [0.29, 0.717) is 5.65 Å². The lowest BCUT2D eigenvalue weighted by Gasteiger charge is -2.02. The van der Waals surface area contributed by atoms with Crippen LogP contribution in [0, 0.1) is 0 Å². The van der Waals surface area contributed by atoms with Gasteiger partial charge in [0.05, 0.1) is 12.4 Å². The van der Waals surface area contributed by atoms with Gasteiger partial charge in [0.1, 0.15) is 0 Å². The van der Waals surface area contributed by atoms with Crippen molar-refractivity contribution in [3.63, 3.8) is 0 Å². The molecule has 0 saturated carbocycles. The van der Waals surface area contributed by atoms with E-state index in [9.17, 15) is 5.11 Å². The minimum atomic E-state index is -0.266. The Balaban J connectivity index is 2.87. The van der Waals surface area contributed by atoms with E-state index in [4.69, 9.17) is 5.11 Å². The van der Waals surface area contributed by atoms with E-state index in [1.165, 1.54) is 23.0 Å². The molecule has 1 N–H and O–H groups in total. The normalized spacial score (nSPS) is 10.5. The quantitative estimate of drug-likeness (QED) is 0.549. The summed E-state index contributed by atoms with van der Waals surface area (Å²) in [6.07, 6.45) is 3.73. The molecule has 0 fully saturated rings. The van der Waals surface area contributed by atoms with Crippen LogP contribution in [0.2, 0.25) is 0 Å². The van der Waals surface area contributed by atoms with Crippen LogP contribution in [0.5, 0.6) is 11.8 Å². The maximum Gasteiger partial charge on any atom is 0.228 e. The monoisotopic (exact) mass is 150 g/mol. The van der Waals surface area contributed by atoms with Gasteiger partial charge in [-0.05, 0) is 5.88 Å². The van der Waals surface area contributed by atoms with Gasteiger partial charge in [-0.25, -0.2) is 9.97 Å². The van der Waals surface area contributed by atoms with E-state index in [1.54, 1.807) is 0 Å². The Hall–Kier alpha value is -1.78. The average Bonchev–Trinajstić information content (AvgIpc) is 2.33. The van der Waals surface area contributed by atoms with Gasteiger partial charge in [0.25, 0.3) is 0 Å². The van der Waals surface area contributed by atoms with Crippen molar-refractivity contribution in [3.05, 3.63) is 18.6 Å². The SMILES string of the molecule is [O-]c1cnc2cnc(O)cn12. The Kier molecular flexibility index (Phi) is 1.00. The highest BCUT2D eigenvalue weighted by Gasteiger charge is 1.95. The van der Waals surface area contributed by atoms with Crippen molar-refractivity contribution in [3.8, 4) is 11.8 Å². The summed E-state index contributed by atoms with van der Waals surface area (Å²) in [6.45, 7) is 0. The van der Waals surface area contributed by atoms with Crippen LogP contribution >= 0.6 is 0 Å². The molecule has 0 saturated heterocycles. The number of nitrogens with zero attached hydrogens (tertiary/aromatic N) is 3. The molecule has 0 bridgehead atoms. The molecule has 5 heteroatoms. The maximum atomic E-state index is 10.9. The van der Waals surface area contributed by atoms with Gasteiger partial charge in [-0.2, -0.15) is 0 Å². The fraction of sp³-hybridized carbons (Fsp3) is 0. The minimum Gasteiger partial charge on any atom is -0.859 e. The van der Waals surface area contributed by atoms with Crippen molar-refractivity contribution in [1.82, 2.24) is 14.4 Å². The van der Waals surface area contributed by atoms with Crippen molar-refractivity contribution in [2.24, 2.45) is 0 Å². The summed E-state index contributed by atoms with van der Waals surface area (Å²) < 4.78 is 1.22. The van der Waals surface area contributed by atoms with Crippen molar-refractivity contribution < 1.29 is 10.2 Å². The third-order valence-corrected chi connectivity index (χ3v) is 1.35. The lowest BCUT2D eigenvalue weighted by molar-refractivity contribution is -0.276. The Morgan fingerprint density at radius 3 is 3.00 bits per heavy atom. The van der Waals surface area contributed by atoms with E-state index >= 15 is 0 Å². The number of aromatic hydroxyl groups is 1. The van der Waals surface area contributed by atoms with Crippen molar-refractivity contribution in [2.75, 3.05) is 0 Å². The van der Waals surface area contributed by atoms with Gasteiger partial charge < -0.3 is 14.6 Å². The summed E-state index contributed by atoms with van der Waals surface area (Å²) in [5, 5.41) is 19.8. The zero-order valence-corrected chi connectivity index (χ0v) is 5.43. The van der Waals surface area contributed by atoms with Crippen LogP contribution < -0.4 is 5.11 Å². The van der Waals surface area contributed by atoms with E-state index in [2.05, 4.69) is 9.97 Å². The average molecular weight is 150 g/mol. The third-order valence-electron chi connectivity index (χ3n) is 1.35. The molecule has 0 atom stereocenters. The Bertz CT molecular complexity index is 396. The minimum absolute atomic E-state index is 0.187. The van der Waals surface area contributed by atoms with Crippen LogP contribution in [-0.2, 0) is 0 Å². The van der Waals surface area contributed by atoms with Crippen molar-refractivity contribution in [2.45, 2.75) is 0 Å². The first-order valence-corrected chi connectivity index (χ1v) is 2.96. The third kappa shape index (κ3) is 0.778. The Labute approximate surface area is 61.6 Å². The molecule has 56 valence electrons. The number of fused-ring (bicyclic) bond motifs is 1. The second-order valence-electron chi connectivity index (χ2n) is 2.07. The highest BCUT2D eigenvalue weighted by Crippen LogP contribution is 2.11. The molecule has 2 rings (SSSR count). The predicted octanol–water partition coefficient (Wildman–Crippen LogP) is -0.492. The summed E-state index contributed by atoms with van der Waals surface area (Å²) in [6, 6.07) is 0. The molecule has 11 heavy (non-hydrogen) atoms. The second-order valence-corrected chi connectivity index (χ2v) is 2.07. The number of imidazole rings is 1. The van der Waals surface area contributed by atoms with Gasteiger partial charge in [-0.1, -0.05) is 0 Å². The highest BCUT2D eigenvalue weighted by atomic mass is 16.3. The fourth-order valence-corrected chi connectivity index (χ4v) is 0.857. The van der Waals surface area contributed by atoms with Gasteiger partial charge in [0.2, 0.25) is 5.88 Å². The van der Waals surface area contributed by atoms with Crippen LogP contribution in [0.1, 0.15) is 0 Å². The first-order chi connectivity index (χ1) is 5.27. The van der Waals surface area contributed by atoms with Gasteiger partial charge in [-0.3, -0.25) is 0 Å². The predicted molar refractivity (Wildman–Crippen MR) is 34.1 cm³/mol. The molecule has 5 nitrogen and oxygen atoms in total. The zero-order chi connectivity index (χ0) is 7.84. The van der Waals surface area contributed by atoms with Crippen LogP contribution in [-0.4, -0.2) is 19.5 Å². The van der Waals surface area contributed by atoms with E-state index in [0.717, 1.165) is 0 Å². The highest BCUT2D eigenvalue weighted by molar-refractivity contribution is 5.39. The molecular formula is C6H4N3O2-. The Morgan fingerprint density at radius 1 is 1.36 bits per heavy atom. The van der Waals surface area contributed by atoms with E-state index < -0.39 is 0 Å². The molecule has 0 unspecified atom stereocenters. The second kappa shape index (κ2) is 1.85. The van der Waals surface area contributed by atoms with Gasteiger partial charge in [0, 0.05) is 6.20 Å².